The number of carboxylic acids is 1. The third-order valence-electron chi connectivity index (χ3n) is 2.49. The smallest absolute Gasteiger partial charge is 0.310 e. The number of amides is 2. The van der Waals surface area contributed by atoms with Crippen LogP contribution in [0.1, 0.15) is 6.92 Å². The molecule has 0 aromatic rings. The van der Waals surface area contributed by atoms with Crippen molar-refractivity contribution in [2.24, 2.45) is 5.92 Å². The lowest BCUT2D eigenvalue weighted by molar-refractivity contribution is -0.154. The minimum Gasteiger partial charge on any atom is -0.481 e. The molecule has 0 atom stereocenters. The highest BCUT2D eigenvalue weighted by Crippen LogP contribution is 2.15. The summed E-state index contributed by atoms with van der Waals surface area (Å²) in [6.07, 6.45) is 0. The molecule has 0 unspecified atom stereocenters. The largest absolute Gasteiger partial charge is 0.481 e. The second-order valence-corrected chi connectivity index (χ2v) is 3.71. The molecule has 1 aliphatic rings. The molecule has 0 radical (unpaired) electrons. The Labute approximate surface area is 87.5 Å². The van der Waals surface area contributed by atoms with Gasteiger partial charge in [-0.25, -0.2) is 0 Å². The summed E-state index contributed by atoms with van der Waals surface area (Å²) in [5, 5.41) is 8.60. The Hall–Kier alpha value is -1.59. The average molecular weight is 214 g/mol. The molecule has 84 valence electrons. The lowest BCUT2D eigenvalue weighted by atomic mass is 10.0. The van der Waals surface area contributed by atoms with Gasteiger partial charge in [-0.1, -0.05) is 0 Å². The van der Waals surface area contributed by atoms with Gasteiger partial charge in [0.2, 0.25) is 11.8 Å². The molecule has 0 aromatic heterocycles. The van der Waals surface area contributed by atoms with Gasteiger partial charge in [-0.2, -0.15) is 0 Å². The molecule has 0 saturated carbocycles. The summed E-state index contributed by atoms with van der Waals surface area (Å²) in [4.78, 5) is 35.5. The van der Waals surface area contributed by atoms with Crippen LogP contribution in [0.25, 0.3) is 0 Å². The molecule has 6 nitrogen and oxygen atoms in total. The highest BCUT2D eigenvalue weighted by Gasteiger charge is 2.35. The zero-order valence-electron chi connectivity index (χ0n) is 8.77. The van der Waals surface area contributed by atoms with Crippen molar-refractivity contribution in [3.05, 3.63) is 0 Å². The van der Waals surface area contributed by atoms with E-state index in [9.17, 15) is 14.4 Å². The van der Waals surface area contributed by atoms with Gasteiger partial charge in [0.25, 0.3) is 0 Å². The van der Waals surface area contributed by atoms with Gasteiger partial charge in [-0.05, 0) is 0 Å². The summed E-state index contributed by atoms with van der Waals surface area (Å²) >= 11 is 0. The fourth-order valence-corrected chi connectivity index (χ4v) is 1.25. The predicted molar refractivity (Wildman–Crippen MR) is 51.0 cm³/mol. The number of rotatable bonds is 3. The van der Waals surface area contributed by atoms with Crippen LogP contribution in [0.15, 0.2) is 0 Å². The third-order valence-corrected chi connectivity index (χ3v) is 2.49. The molecular formula is C9H14N2O4. The fourth-order valence-electron chi connectivity index (χ4n) is 1.25. The lowest BCUT2D eigenvalue weighted by Gasteiger charge is -2.37. The highest BCUT2D eigenvalue weighted by atomic mass is 16.4. The van der Waals surface area contributed by atoms with Crippen LogP contribution < -0.4 is 0 Å². The van der Waals surface area contributed by atoms with Crippen LogP contribution in [0.4, 0.5) is 0 Å². The van der Waals surface area contributed by atoms with Gasteiger partial charge in [-0.15, -0.1) is 0 Å². The van der Waals surface area contributed by atoms with E-state index >= 15 is 0 Å². The van der Waals surface area contributed by atoms with Gasteiger partial charge in [0, 0.05) is 27.1 Å². The Morgan fingerprint density at radius 1 is 1.40 bits per heavy atom. The molecule has 6 heteroatoms. The van der Waals surface area contributed by atoms with Gasteiger partial charge in [0.05, 0.1) is 12.5 Å². The summed E-state index contributed by atoms with van der Waals surface area (Å²) < 4.78 is 0. The lowest BCUT2D eigenvalue weighted by Crippen LogP contribution is -2.55. The second-order valence-electron chi connectivity index (χ2n) is 3.71. The van der Waals surface area contributed by atoms with E-state index in [2.05, 4.69) is 0 Å². The second kappa shape index (κ2) is 4.29. The van der Waals surface area contributed by atoms with Crippen LogP contribution in [-0.2, 0) is 14.4 Å². The molecule has 1 N–H and O–H groups in total. The summed E-state index contributed by atoms with van der Waals surface area (Å²) in [6, 6.07) is 0. The number of likely N-dealkylation sites (N-methyl/N-ethyl adjacent to an activating group) is 1. The molecule has 1 heterocycles. The van der Waals surface area contributed by atoms with Gasteiger partial charge in [0.15, 0.2) is 0 Å². The number of carbonyl (C=O) groups is 3. The Balaban J connectivity index is 2.32. The topological polar surface area (TPSA) is 77.9 Å². The molecule has 1 fully saturated rings. The minimum absolute atomic E-state index is 0.0155. The normalized spacial score (nSPS) is 15.7. The zero-order chi connectivity index (χ0) is 11.6. The summed E-state index contributed by atoms with van der Waals surface area (Å²) in [5.74, 6) is -1.71. The molecule has 0 bridgehead atoms. The first-order valence-corrected chi connectivity index (χ1v) is 4.64. The van der Waals surface area contributed by atoms with Crippen LogP contribution in [0.3, 0.4) is 0 Å². The number of aliphatic carboxylic acids is 1. The average Bonchev–Trinajstić information content (AvgIpc) is 1.99. The maximum atomic E-state index is 11.4. The summed E-state index contributed by atoms with van der Waals surface area (Å²) in [7, 11) is 1.54. The van der Waals surface area contributed by atoms with E-state index in [1.165, 1.54) is 23.8 Å². The van der Waals surface area contributed by atoms with E-state index in [1.807, 2.05) is 0 Å². The molecule has 2 amide bonds. The predicted octanol–water partition coefficient (Wildman–Crippen LogP) is -0.992. The number of likely N-dealkylation sites (tertiary alicyclic amines) is 1. The first-order valence-electron chi connectivity index (χ1n) is 4.64. The van der Waals surface area contributed by atoms with E-state index in [0.717, 1.165) is 0 Å². The Morgan fingerprint density at radius 3 is 2.33 bits per heavy atom. The van der Waals surface area contributed by atoms with Crippen molar-refractivity contribution in [1.29, 1.82) is 0 Å². The Kier molecular flexibility index (Phi) is 3.28. The quantitative estimate of drug-likeness (QED) is 0.654. The molecule has 1 rings (SSSR count). The first-order chi connectivity index (χ1) is 6.91. The van der Waals surface area contributed by atoms with Crippen molar-refractivity contribution in [3.8, 4) is 0 Å². The number of carboxylic acid groups (broad SMARTS) is 1. The van der Waals surface area contributed by atoms with E-state index in [-0.39, 0.29) is 31.4 Å². The van der Waals surface area contributed by atoms with Crippen LogP contribution in [0, 0.1) is 5.92 Å². The van der Waals surface area contributed by atoms with Crippen LogP contribution in [0.5, 0.6) is 0 Å². The SMILES string of the molecule is CC(=O)N(C)CC(=O)N1CC(C(=O)O)C1. The molecular weight excluding hydrogens is 200 g/mol. The van der Waals surface area contributed by atoms with Crippen molar-refractivity contribution >= 4 is 17.8 Å². The highest BCUT2D eigenvalue weighted by molar-refractivity contribution is 5.85. The third kappa shape index (κ3) is 2.68. The van der Waals surface area contributed by atoms with Crippen molar-refractivity contribution in [1.82, 2.24) is 9.80 Å². The van der Waals surface area contributed by atoms with E-state index in [0.29, 0.717) is 0 Å². The van der Waals surface area contributed by atoms with Gasteiger partial charge < -0.3 is 14.9 Å². The fraction of sp³-hybridized carbons (Fsp3) is 0.667. The van der Waals surface area contributed by atoms with Gasteiger partial charge >= 0.3 is 5.97 Å². The van der Waals surface area contributed by atoms with Crippen molar-refractivity contribution < 1.29 is 19.5 Å². The monoisotopic (exact) mass is 214 g/mol. The van der Waals surface area contributed by atoms with Crippen LogP contribution >= 0.6 is 0 Å². The Morgan fingerprint density at radius 2 is 1.93 bits per heavy atom. The number of carbonyl (C=O) groups excluding carboxylic acids is 2. The molecule has 1 saturated heterocycles. The maximum Gasteiger partial charge on any atom is 0.310 e. The summed E-state index contributed by atoms with van der Waals surface area (Å²) in [5.41, 5.74) is 0. The molecule has 0 spiro atoms. The molecule has 1 aliphatic heterocycles. The Bertz CT molecular complexity index is 296. The first kappa shape index (κ1) is 11.5. The van der Waals surface area contributed by atoms with Gasteiger partial charge in [-0.3, -0.25) is 14.4 Å². The van der Waals surface area contributed by atoms with E-state index < -0.39 is 11.9 Å². The number of nitrogens with zero attached hydrogens (tertiary/aromatic N) is 2. The van der Waals surface area contributed by atoms with Crippen molar-refractivity contribution in [3.63, 3.8) is 0 Å². The van der Waals surface area contributed by atoms with Gasteiger partial charge in [0.1, 0.15) is 0 Å². The van der Waals surface area contributed by atoms with Crippen molar-refractivity contribution in [2.75, 3.05) is 26.7 Å². The van der Waals surface area contributed by atoms with E-state index in [4.69, 9.17) is 5.11 Å². The number of hydrogen-bond acceptors (Lipinski definition) is 3. The zero-order valence-corrected chi connectivity index (χ0v) is 8.77. The van der Waals surface area contributed by atoms with Crippen molar-refractivity contribution in [2.45, 2.75) is 6.92 Å². The number of hydrogen-bond donors (Lipinski definition) is 1. The molecule has 15 heavy (non-hydrogen) atoms. The van der Waals surface area contributed by atoms with Crippen LogP contribution in [0.2, 0.25) is 0 Å². The molecule has 0 aliphatic carbocycles. The standard InChI is InChI=1S/C9H14N2O4/c1-6(12)10(2)5-8(13)11-3-7(4-11)9(14)15/h7H,3-5H2,1-2H3,(H,14,15). The summed E-state index contributed by atoms with van der Waals surface area (Å²) in [6.45, 7) is 1.89. The minimum atomic E-state index is -0.876. The maximum absolute atomic E-state index is 11.4. The van der Waals surface area contributed by atoms with E-state index in [1.54, 1.807) is 0 Å². The van der Waals surface area contributed by atoms with Crippen LogP contribution in [-0.4, -0.2) is 59.4 Å². The molecule has 0 aromatic carbocycles.